The minimum absolute atomic E-state index is 0.273. The van der Waals surface area contributed by atoms with Gasteiger partial charge in [0.05, 0.1) is 6.10 Å². The first-order chi connectivity index (χ1) is 9.97. The lowest BCUT2D eigenvalue weighted by Gasteiger charge is -2.16. The van der Waals surface area contributed by atoms with Gasteiger partial charge in [0, 0.05) is 12.8 Å². The summed E-state index contributed by atoms with van der Waals surface area (Å²) in [7, 11) is 1.88. The number of benzene rings is 1. The van der Waals surface area contributed by atoms with Crippen LogP contribution in [0.25, 0.3) is 0 Å². The fourth-order valence-corrected chi connectivity index (χ4v) is 2.99. The second kappa shape index (κ2) is 6.95. The largest absolute Gasteiger partial charge is 0.490 e. The van der Waals surface area contributed by atoms with E-state index in [1.807, 2.05) is 25.5 Å². The number of nitrogens with zero attached hydrogens (tertiary/aromatic N) is 3. The summed E-state index contributed by atoms with van der Waals surface area (Å²) in [4.78, 5) is 0. The van der Waals surface area contributed by atoms with Crippen molar-refractivity contribution >= 4 is 11.8 Å². The van der Waals surface area contributed by atoms with Gasteiger partial charge in [-0.3, -0.25) is 0 Å². The first-order valence-electron chi connectivity index (χ1n) is 6.83. The number of thioether (sulfide) groups is 1. The zero-order valence-electron chi connectivity index (χ0n) is 12.8. The molecule has 0 radical (unpaired) electrons. The van der Waals surface area contributed by atoms with E-state index < -0.39 is 6.10 Å². The molecule has 1 aromatic heterocycles. The van der Waals surface area contributed by atoms with Gasteiger partial charge in [0.15, 0.2) is 5.16 Å². The normalized spacial score (nSPS) is 12.4. The van der Waals surface area contributed by atoms with Gasteiger partial charge in [-0.1, -0.05) is 29.5 Å². The number of aromatic nitrogens is 3. The van der Waals surface area contributed by atoms with Crippen molar-refractivity contribution in [1.29, 1.82) is 0 Å². The lowest BCUT2D eigenvalue weighted by Crippen LogP contribution is -2.21. The van der Waals surface area contributed by atoms with Gasteiger partial charge in [0.2, 0.25) is 0 Å². The van der Waals surface area contributed by atoms with Gasteiger partial charge >= 0.3 is 0 Å². The molecule has 21 heavy (non-hydrogen) atoms. The van der Waals surface area contributed by atoms with Crippen LogP contribution in [-0.2, 0) is 7.05 Å². The predicted molar refractivity (Wildman–Crippen MR) is 83.9 cm³/mol. The molecular weight excluding hydrogens is 286 g/mol. The highest BCUT2D eigenvalue weighted by molar-refractivity contribution is 7.99. The Balaban J connectivity index is 1.87. The molecule has 1 atom stereocenters. The van der Waals surface area contributed by atoms with Gasteiger partial charge in [-0.15, -0.1) is 10.2 Å². The summed E-state index contributed by atoms with van der Waals surface area (Å²) in [5.74, 6) is 1.39. The molecule has 0 spiro atoms. The summed E-state index contributed by atoms with van der Waals surface area (Å²) in [6.07, 6.45) is 1.09. The number of aryl methyl sites for hydroxylation is 4. The van der Waals surface area contributed by atoms with Crippen LogP contribution in [0.1, 0.15) is 16.7 Å². The number of aliphatic hydroxyl groups excluding tert-OH is 1. The molecule has 2 rings (SSSR count). The maximum atomic E-state index is 10.0. The Bertz CT molecular complexity index is 590. The fraction of sp³-hybridized carbons (Fsp3) is 0.467. The Labute approximate surface area is 129 Å². The molecule has 0 aliphatic heterocycles. The van der Waals surface area contributed by atoms with E-state index in [1.54, 1.807) is 6.33 Å². The molecule has 1 heterocycles. The third kappa shape index (κ3) is 4.22. The second-order valence-electron chi connectivity index (χ2n) is 5.23. The second-order valence-corrected chi connectivity index (χ2v) is 6.22. The van der Waals surface area contributed by atoms with Crippen LogP contribution < -0.4 is 4.74 Å². The zero-order chi connectivity index (χ0) is 15.4. The Morgan fingerprint density at radius 3 is 2.52 bits per heavy atom. The molecule has 0 saturated heterocycles. The molecule has 0 aliphatic carbocycles. The van der Waals surface area contributed by atoms with E-state index in [1.165, 1.54) is 17.3 Å². The van der Waals surface area contributed by atoms with Gasteiger partial charge in [-0.25, -0.2) is 0 Å². The minimum Gasteiger partial charge on any atom is -0.490 e. The molecule has 1 N–H and O–H groups in total. The van der Waals surface area contributed by atoms with Gasteiger partial charge in [0.25, 0.3) is 0 Å². The number of hydrogen-bond donors (Lipinski definition) is 1. The lowest BCUT2D eigenvalue weighted by atomic mass is 10.1. The van der Waals surface area contributed by atoms with Crippen LogP contribution in [-0.4, -0.2) is 38.3 Å². The average Bonchev–Trinajstić information content (AvgIpc) is 2.80. The van der Waals surface area contributed by atoms with E-state index >= 15 is 0 Å². The Hall–Kier alpha value is -1.53. The molecule has 0 bridgehead atoms. The van der Waals surface area contributed by atoms with Crippen LogP contribution in [0.4, 0.5) is 0 Å². The highest BCUT2D eigenvalue weighted by atomic mass is 32.2. The number of ether oxygens (including phenoxy) is 1. The van der Waals surface area contributed by atoms with Gasteiger partial charge in [-0.2, -0.15) is 0 Å². The number of rotatable bonds is 6. The SMILES string of the molecule is Cc1cc(C)c(OCC(O)CSc2nncn2C)c(C)c1. The summed E-state index contributed by atoms with van der Waals surface area (Å²) < 4.78 is 7.60. The smallest absolute Gasteiger partial charge is 0.190 e. The first-order valence-corrected chi connectivity index (χ1v) is 7.81. The lowest BCUT2D eigenvalue weighted by molar-refractivity contribution is 0.125. The molecule has 1 aromatic carbocycles. The maximum Gasteiger partial charge on any atom is 0.190 e. The molecule has 1 unspecified atom stereocenters. The molecular formula is C15H21N3O2S. The zero-order valence-corrected chi connectivity index (χ0v) is 13.6. The summed E-state index contributed by atoms with van der Waals surface area (Å²) in [5.41, 5.74) is 3.41. The molecule has 0 aliphatic rings. The van der Waals surface area contributed by atoms with E-state index in [2.05, 4.69) is 29.3 Å². The van der Waals surface area contributed by atoms with Crippen molar-refractivity contribution in [1.82, 2.24) is 14.8 Å². The van der Waals surface area contributed by atoms with Gasteiger partial charge < -0.3 is 14.4 Å². The molecule has 0 fully saturated rings. The molecule has 0 saturated carbocycles. The first kappa shape index (κ1) is 15.9. The van der Waals surface area contributed by atoms with Crippen molar-refractivity contribution in [2.45, 2.75) is 32.0 Å². The molecule has 0 amide bonds. The standard InChI is InChI=1S/C15H21N3O2S/c1-10-5-11(2)14(12(3)6-10)20-7-13(19)8-21-15-17-16-9-18(15)4/h5-6,9,13,19H,7-8H2,1-4H3. The van der Waals surface area contributed by atoms with Crippen LogP contribution in [0.3, 0.4) is 0 Å². The van der Waals surface area contributed by atoms with Gasteiger partial charge in [-0.05, 0) is 31.9 Å². The van der Waals surface area contributed by atoms with E-state index in [-0.39, 0.29) is 6.61 Å². The third-order valence-electron chi connectivity index (χ3n) is 3.10. The molecule has 6 heteroatoms. The Morgan fingerprint density at radius 1 is 1.29 bits per heavy atom. The monoisotopic (exact) mass is 307 g/mol. The minimum atomic E-state index is -0.549. The highest BCUT2D eigenvalue weighted by Crippen LogP contribution is 2.25. The van der Waals surface area contributed by atoms with Crippen LogP contribution in [0.15, 0.2) is 23.6 Å². The Morgan fingerprint density at radius 2 is 1.95 bits per heavy atom. The highest BCUT2D eigenvalue weighted by Gasteiger charge is 2.11. The summed E-state index contributed by atoms with van der Waals surface area (Å²) in [6, 6.07) is 4.17. The third-order valence-corrected chi connectivity index (χ3v) is 4.28. The topological polar surface area (TPSA) is 60.2 Å². The summed E-state index contributed by atoms with van der Waals surface area (Å²) >= 11 is 1.47. The van der Waals surface area contributed by atoms with Crippen molar-refractivity contribution in [2.75, 3.05) is 12.4 Å². The van der Waals surface area contributed by atoms with E-state index in [9.17, 15) is 5.11 Å². The van der Waals surface area contributed by atoms with E-state index in [4.69, 9.17) is 4.74 Å². The van der Waals surface area contributed by atoms with Crippen LogP contribution in [0.5, 0.6) is 5.75 Å². The van der Waals surface area contributed by atoms with Gasteiger partial charge in [0.1, 0.15) is 18.7 Å². The molecule has 114 valence electrons. The molecule has 2 aromatic rings. The quantitative estimate of drug-likeness (QED) is 0.830. The summed E-state index contributed by atoms with van der Waals surface area (Å²) in [6.45, 7) is 6.39. The van der Waals surface area contributed by atoms with Crippen LogP contribution in [0, 0.1) is 20.8 Å². The summed E-state index contributed by atoms with van der Waals surface area (Å²) in [5, 5.41) is 18.6. The number of hydrogen-bond acceptors (Lipinski definition) is 5. The average molecular weight is 307 g/mol. The number of aliphatic hydroxyl groups is 1. The van der Waals surface area contributed by atoms with Crippen molar-refractivity contribution in [2.24, 2.45) is 7.05 Å². The van der Waals surface area contributed by atoms with Crippen molar-refractivity contribution in [3.8, 4) is 5.75 Å². The predicted octanol–water partition coefficient (Wildman–Crippen LogP) is 2.27. The van der Waals surface area contributed by atoms with E-state index in [0.717, 1.165) is 22.0 Å². The van der Waals surface area contributed by atoms with Crippen molar-refractivity contribution in [3.05, 3.63) is 35.2 Å². The van der Waals surface area contributed by atoms with Crippen LogP contribution >= 0.6 is 11.8 Å². The Kier molecular flexibility index (Phi) is 5.25. The van der Waals surface area contributed by atoms with Crippen molar-refractivity contribution < 1.29 is 9.84 Å². The van der Waals surface area contributed by atoms with E-state index in [0.29, 0.717) is 5.75 Å². The molecule has 5 nitrogen and oxygen atoms in total. The van der Waals surface area contributed by atoms with Crippen molar-refractivity contribution in [3.63, 3.8) is 0 Å². The van der Waals surface area contributed by atoms with Crippen LogP contribution in [0.2, 0.25) is 0 Å². The fourth-order valence-electron chi connectivity index (χ4n) is 2.20. The maximum absolute atomic E-state index is 10.0.